The van der Waals surface area contributed by atoms with E-state index < -0.39 is 11.8 Å². The predicted molar refractivity (Wildman–Crippen MR) is 68.5 cm³/mol. The van der Waals surface area contributed by atoms with Gasteiger partial charge in [-0.2, -0.15) is 0 Å². The van der Waals surface area contributed by atoms with Crippen LogP contribution in [0, 0.1) is 5.82 Å². The number of pyridine rings is 1. The van der Waals surface area contributed by atoms with Gasteiger partial charge >= 0.3 is 5.97 Å². The fourth-order valence-corrected chi connectivity index (χ4v) is 1.62. The number of hydrogen-bond donors (Lipinski definition) is 1. The van der Waals surface area contributed by atoms with Gasteiger partial charge in [-0.25, -0.2) is 14.2 Å². The normalized spacial score (nSPS) is 10.1. The van der Waals surface area contributed by atoms with E-state index in [0.717, 1.165) is 6.07 Å². The van der Waals surface area contributed by atoms with Crippen LogP contribution in [0.5, 0.6) is 11.6 Å². The van der Waals surface area contributed by atoms with Gasteiger partial charge in [0.05, 0.1) is 18.2 Å². The molecule has 104 valence electrons. The smallest absolute Gasteiger partial charge is 0.335 e. The van der Waals surface area contributed by atoms with E-state index in [1.54, 1.807) is 18.3 Å². The summed E-state index contributed by atoms with van der Waals surface area (Å²) in [5.41, 5.74) is 0.533. The molecule has 0 bridgehead atoms. The molecule has 1 N–H and O–H groups in total. The molecule has 2 aromatic rings. The summed E-state index contributed by atoms with van der Waals surface area (Å²) in [6.07, 6.45) is 1.57. The topological polar surface area (TPSA) is 68.7 Å². The van der Waals surface area contributed by atoms with Gasteiger partial charge in [0.1, 0.15) is 6.61 Å². The summed E-state index contributed by atoms with van der Waals surface area (Å²) in [4.78, 5) is 14.7. The van der Waals surface area contributed by atoms with Crippen molar-refractivity contribution in [3.05, 3.63) is 53.5 Å². The van der Waals surface area contributed by atoms with Crippen molar-refractivity contribution in [3.63, 3.8) is 0 Å². The van der Waals surface area contributed by atoms with E-state index in [0.29, 0.717) is 11.4 Å². The highest BCUT2D eigenvalue weighted by Crippen LogP contribution is 2.21. The van der Waals surface area contributed by atoms with Gasteiger partial charge in [0.15, 0.2) is 11.6 Å². The van der Waals surface area contributed by atoms with Crippen molar-refractivity contribution in [2.75, 3.05) is 7.11 Å². The summed E-state index contributed by atoms with van der Waals surface area (Å²) in [7, 11) is 1.48. The van der Waals surface area contributed by atoms with E-state index in [-0.39, 0.29) is 17.9 Å². The van der Waals surface area contributed by atoms with Crippen LogP contribution in [-0.4, -0.2) is 23.2 Å². The minimum absolute atomic E-state index is 0.0269. The third kappa shape index (κ3) is 3.03. The Kier molecular flexibility index (Phi) is 4.14. The predicted octanol–water partition coefficient (Wildman–Crippen LogP) is 2.51. The van der Waals surface area contributed by atoms with Crippen molar-refractivity contribution in [2.24, 2.45) is 0 Å². The Balaban J connectivity index is 2.13. The van der Waals surface area contributed by atoms with E-state index in [9.17, 15) is 9.18 Å². The number of benzene rings is 1. The number of methoxy groups -OCH3 is 1. The van der Waals surface area contributed by atoms with Crippen LogP contribution < -0.4 is 9.47 Å². The van der Waals surface area contributed by atoms with Gasteiger partial charge in [-0.3, -0.25) is 0 Å². The molecule has 2 rings (SSSR count). The second-order valence-corrected chi connectivity index (χ2v) is 3.91. The number of aromatic nitrogens is 1. The summed E-state index contributed by atoms with van der Waals surface area (Å²) in [6.45, 7) is 0.0698. The SMILES string of the molecule is COc1ncccc1COc1ccc(C(=O)O)cc1F. The van der Waals surface area contributed by atoms with Crippen molar-refractivity contribution in [1.29, 1.82) is 0 Å². The maximum Gasteiger partial charge on any atom is 0.335 e. The summed E-state index contributed by atoms with van der Waals surface area (Å²) < 4.78 is 24.0. The zero-order chi connectivity index (χ0) is 14.5. The highest BCUT2D eigenvalue weighted by atomic mass is 19.1. The number of carboxylic acid groups (broad SMARTS) is 1. The molecule has 0 radical (unpaired) electrons. The number of rotatable bonds is 5. The number of nitrogens with zero attached hydrogens (tertiary/aromatic N) is 1. The fourth-order valence-electron chi connectivity index (χ4n) is 1.62. The van der Waals surface area contributed by atoms with Gasteiger partial charge < -0.3 is 14.6 Å². The second kappa shape index (κ2) is 6.01. The summed E-state index contributed by atoms with van der Waals surface area (Å²) >= 11 is 0. The molecule has 0 aliphatic rings. The van der Waals surface area contributed by atoms with Crippen molar-refractivity contribution < 1.29 is 23.8 Å². The van der Waals surface area contributed by atoms with E-state index in [1.165, 1.54) is 19.2 Å². The number of carboxylic acids is 1. The molecular weight excluding hydrogens is 265 g/mol. The maximum absolute atomic E-state index is 13.7. The highest BCUT2D eigenvalue weighted by molar-refractivity contribution is 5.87. The molecular formula is C14H12FNO4. The fraction of sp³-hybridized carbons (Fsp3) is 0.143. The van der Waals surface area contributed by atoms with Gasteiger partial charge in [-0.05, 0) is 30.3 Å². The average Bonchev–Trinajstić information content (AvgIpc) is 2.46. The van der Waals surface area contributed by atoms with Gasteiger partial charge in [-0.1, -0.05) is 0 Å². The first-order chi connectivity index (χ1) is 9.61. The van der Waals surface area contributed by atoms with Gasteiger partial charge in [0.2, 0.25) is 5.88 Å². The third-order valence-electron chi connectivity index (χ3n) is 2.61. The maximum atomic E-state index is 13.7. The van der Waals surface area contributed by atoms with Crippen molar-refractivity contribution in [3.8, 4) is 11.6 Å². The number of ether oxygens (including phenoxy) is 2. The average molecular weight is 277 g/mol. The molecule has 0 spiro atoms. The van der Waals surface area contributed by atoms with Crippen LogP contribution in [-0.2, 0) is 6.61 Å². The molecule has 20 heavy (non-hydrogen) atoms. The molecule has 1 aromatic carbocycles. The van der Waals surface area contributed by atoms with Crippen LogP contribution in [0.25, 0.3) is 0 Å². The Morgan fingerprint density at radius 3 is 2.85 bits per heavy atom. The largest absolute Gasteiger partial charge is 0.486 e. The van der Waals surface area contributed by atoms with Gasteiger partial charge in [0.25, 0.3) is 0 Å². The zero-order valence-electron chi connectivity index (χ0n) is 10.7. The molecule has 0 saturated carbocycles. The molecule has 0 aliphatic carbocycles. The number of aromatic carboxylic acids is 1. The Morgan fingerprint density at radius 2 is 2.20 bits per heavy atom. The molecule has 1 heterocycles. The van der Waals surface area contributed by atoms with E-state index in [2.05, 4.69) is 4.98 Å². The first-order valence-electron chi connectivity index (χ1n) is 5.75. The molecule has 6 heteroatoms. The first-order valence-corrected chi connectivity index (χ1v) is 5.75. The Bertz CT molecular complexity index is 630. The van der Waals surface area contributed by atoms with Crippen molar-refractivity contribution in [1.82, 2.24) is 4.98 Å². The van der Waals surface area contributed by atoms with Crippen LogP contribution in [0.3, 0.4) is 0 Å². The van der Waals surface area contributed by atoms with Crippen molar-refractivity contribution in [2.45, 2.75) is 6.61 Å². The lowest BCUT2D eigenvalue weighted by Gasteiger charge is -2.10. The molecule has 1 aromatic heterocycles. The van der Waals surface area contributed by atoms with Gasteiger partial charge in [0, 0.05) is 6.20 Å². The first kappa shape index (κ1) is 13.8. The van der Waals surface area contributed by atoms with Gasteiger partial charge in [-0.15, -0.1) is 0 Å². The lowest BCUT2D eigenvalue weighted by atomic mass is 10.2. The zero-order valence-corrected chi connectivity index (χ0v) is 10.7. The monoisotopic (exact) mass is 277 g/mol. The standard InChI is InChI=1S/C14H12FNO4/c1-19-13-10(3-2-6-16-13)8-20-12-5-4-9(14(17)18)7-11(12)15/h2-7H,8H2,1H3,(H,17,18). The van der Waals surface area contributed by atoms with Crippen LogP contribution in [0.2, 0.25) is 0 Å². The minimum atomic E-state index is -1.19. The lowest BCUT2D eigenvalue weighted by Crippen LogP contribution is -2.03. The molecule has 0 fully saturated rings. The molecule has 0 aliphatic heterocycles. The summed E-state index contributed by atoms with van der Waals surface area (Å²) in [5.74, 6) is -1.55. The van der Waals surface area contributed by atoms with Crippen LogP contribution in [0.4, 0.5) is 4.39 Å². The quantitative estimate of drug-likeness (QED) is 0.909. The molecule has 0 atom stereocenters. The molecule has 0 unspecified atom stereocenters. The highest BCUT2D eigenvalue weighted by Gasteiger charge is 2.10. The second-order valence-electron chi connectivity index (χ2n) is 3.91. The Labute approximate surface area is 114 Å². The number of halogens is 1. The molecule has 0 amide bonds. The number of hydrogen-bond acceptors (Lipinski definition) is 4. The van der Waals surface area contributed by atoms with E-state index in [4.69, 9.17) is 14.6 Å². The lowest BCUT2D eigenvalue weighted by molar-refractivity contribution is 0.0696. The van der Waals surface area contributed by atoms with Crippen LogP contribution >= 0.6 is 0 Å². The summed E-state index contributed by atoms with van der Waals surface area (Å²) in [6, 6.07) is 6.93. The summed E-state index contributed by atoms with van der Waals surface area (Å²) in [5, 5.41) is 8.74. The third-order valence-corrected chi connectivity index (χ3v) is 2.61. The number of carbonyl (C=O) groups is 1. The Hall–Kier alpha value is -2.63. The van der Waals surface area contributed by atoms with E-state index >= 15 is 0 Å². The van der Waals surface area contributed by atoms with E-state index in [1.807, 2.05) is 0 Å². The van der Waals surface area contributed by atoms with Crippen LogP contribution in [0.15, 0.2) is 36.5 Å². The minimum Gasteiger partial charge on any atom is -0.486 e. The Morgan fingerprint density at radius 1 is 1.40 bits per heavy atom. The van der Waals surface area contributed by atoms with Crippen LogP contribution in [0.1, 0.15) is 15.9 Å². The molecule has 5 nitrogen and oxygen atoms in total. The molecule has 0 saturated heterocycles. The van der Waals surface area contributed by atoms with Crippen molar-refractivity contribution >= 4 is 5.97 Å².